The van der Waals surface area contributed by atoms with Gasteiger partial charge in [0.2, 0.25) is 0 Å². The highest BCUT2D eigenvalue weighted by molar-refractivity contribution is 5.61. The van der Waals surface area contributed by atoms with Crippen LogP contribution >= 0.6 is 0 Å². The molecule has 2 N–H and O–H groups in total. The van der Waals surface area contributed by atoms with Gasteiger partial charge >= 0.3 is 0 Å². The predicted molar refractivity (Wildman–Crippen MR) is 52.9 cm³/mol. The van der Waals surface area contributed by atoms with Gasteiger partial charge in [-0.25, -0.2) is 4.39 Å². The third-order valence-electron chi connectivity index (χ3n) is 1.96. The van der Waals surface area contributed by atoms with E-state index in [1.807, 2.05) is 0 Å². The lowest BCUT2D eigenvalue weighted by Crippen LogP contribution is -1.88. The van der Waals surface area contributed by atoms with Crippen LogP contribution in [0.4, 0.5) is 10.2 Å². The monoisotopic (exact) mass is 208 g/mol. The molecule has 0 bridgehead atoms. The van der Waals surface area contributed by atoms with Gasteiger partial charge in [0.25, 0.3) is 0 Å². The van der Waals surface area contributed by atoms with E-state index in [0.717, 1.165) is 0 Å². The summed E-state index contributed by atoms with van der Waals surface area (Å²) in [7, 11) is 1.40. The van der Waals surface area contributed by atoms with Crippen molar-refractivity contribution in [2.75, 3.05) is 12.8 Å². The smallest absolute Gasteiger partial charge is 0.169 e. The van der Waals surface area contributed by atoms with Gasteiger partial charge in [-0.3, -0.25) is 0 Å². The highest BCUT2D eigenvalue weighted by atomic mass is 19.1. The topological polar surface area (TPSA) is 61.3 Å². The third-order valence-corrected chi connectivity index (χ3v) is 1.96. The summed E-state index contributed by atoms with van der Waals surface area (Å²) in [6.07, 6.45) is 0. The number of methoxy groups -OCH3 is 1. The Morgan fingerprint density at radius 1 is 1.40 bits per heavy atom. The van der Waals surface area contributed by atoms with Crippen LogP contribution in [0.2, 0.25) is 0 Å². The highest BCUT2D eigenvalue weighted by Crippen LogP contribution is 2.27. The first-order valence-corrected chi connectivity index (χ1v) is 4.27. The third kappa shape index (κ3) is 1.76. The standard InChI is InChI=1S/C10H9FN2O2/c1-14-9-4-6(2-3-7(9)11)8-5-10(12)13-15-8/h2-5H,1H3,(H2,12,13). The Bertz CT molecular complexity index is 482. The second kappa shape index (κ2) is 3.61. The molecule has 0 amide bonds. The zero-order valence-corrected chi connectivity index (χ0v) is 8.03. The van der Waals surface area contributed by atoms with E-state index in [1.165, 1.54) is 19.2 Å². The molecule has 0 aliphatic heterocycles. The van der Waals surface area contributed by atoms with Gasteiger partial charge in [-0.15, -0.1) is 0 Å². The fraction of sp³-hybridized carbons (Fsp3) is 0.100. The van der Waals surface area contributed by atoms with Crippen LogP contribution in [0.25, 0.3) is 11.3 Å². The van der Waals surface area contributed by atoms with E-state index >= 15 is 0 Å². The number of ether oxygens (including phenoxy) is 1. The van der Waals surface area contributed by atoms with Crippen molar-refractivity contribution >= 4 is 5.82 Å². The average Bonchev–Trinajstić information content (AvgIpc) is 2.66. The molecular weight excluding hydrogens is 199 g/mol. The minimum Gasteiger partial charge on any atom is -0.494 e. The van der Waals surface area contributed by atoms with Gasteiger partial charge in [0.05, 0.1) is 7.11 Å². The van der Waals surface area contributed by atoms with Crippen LogP contribution in [0.5, 0.6) is 5.75 Å². The van der Waals surface area contributed by atoms with Gasteiger partial charge in [0, 0.05) is 11.6 Å². The van der Waals surface area contributed by atoms with Crippen molar-refractivity contribution in [1.29, 1.82) is 0 Å². The zero-order chi connectivity index (χ0) is 10.8. The Balaban J connectivity index is 2.45. The maximum Gasteiger partial charge on any atom is 0.169 e. The molecule has 0 aliphatic rings. The number of nitrogen functional groups attached to an aromatic ring is 1. The molecule has 1 aromatic carbocycles. The normalized spacial score (nSPS) is 10.3. The van der Waals surface area contributed by atoms with Gasteiger partial charge in [-0.2, -0.15) is 0 Å². The van der Waals surface area contributed by atoms with Crippen molar-refractivity contribution in [1.82, 2.24) is 5.16 Å². The molecule has 0 unspecified atom stereocenters. The summed E-state index contributed by atoms with van der Waals surface area (Å²) in [6.45, 7) is 0. The minimum absolute atomic E-state index is 0.155. The van der Waals surface area contributed by atoms with Crippen molar-refractivity contribution < 1.29 is 13.7 Å². The first-order chi connectivity index (χ1) is 7.20. The Labute approximate surface area is 85.4 Å². The molecule has 5 heteroatoms. The second-order valence-corrected chi connectivity index (χ2v) is 2.97. The maximum atomic E-state index is 13.1. The molecule has 78 valence electrons. The number of hydrogen-bond donors (Lipinski definition) is 1. The summed E-state index contributed by atoms with van der Waals surface area (Å²) in [4.78, 5) is 0. The van der Waals surface area contributed by atoms with Crippen molar-refractivity contribution in [2.45, 2.75) is 0 Å². The number of anilines is 1. The van der Waals surface area contributed by atoms with Crippen molar-refractivity contribution in [2.24, 2.45) is 0 Å². The van der Waals surface area contributed by atoms with Gasteiger partial charge in [-0.05, 0) is 18.2 Å². The van der Waals surface area contributed by atoms with Gasteiger partial charge < -0.3 is 15.0 Å². The molecule has 0 spiro atoms. The number of hydrogen-bond acceptors (Lipinski definition) is 4. The van der Waals surface area contributed by atoms with E-state index in [2.05, 4.69) is 5.16 Å². The molecule has 2 aromatic rings. The van der Waals surface area contributed by atoms with E-state index < -0.39 is 5.82 Å². The number of nitrogens with zero attached hydrogens (tertiary/aromatic N) is 1. The molecule has 4 nitrogen and oxygen atoms in total. The maximum absolute atomic E-state index is 13.1. The number of halogens is 1. The van der Waals surface area contributed by atoms with Gasteiger partial charge in [-0.1, -0.05) is 5.16 Å². The molecule has 15 heavy (non-hydrogen) atoms. The van der Waals surface area contributed by atoms with Crippen molar-refractivity contribution in [3.8, 4) is 17.1 Å². The zero-order valence-electron chi connectivity index (χ0n) is 8.03. The van der Waals surface area contributed by atoms with E-state index in [1.54, 1.807) is 12.1 Å². The number of aromatic nitrogens is 1. The molecule has 1 heterocycles. The lowest BCUT2D eigenvalue weighted by atomic mass is 10.1. The molecule has 0 atom stereocenters. The summed E-state index contributed by atoms with van der Waals surface area (Å²) in [5.41, 5.74) is 6.07. The van der Waals surface area contributed by atoms with Crippen molar-refractivity contribution in [3.05, 3.63) is 30.1 Å². The Hall–Kier alpha value is -2.04. The molecule has 0 radical (unpaired) electrons. The van der Waals surface area contributed by atoms with Gasteiger partial charge in [0.15, 0.2) is 23.1 Å². The van der Waals surface area contributed by atoms with Crippen molar-refractivity contribution in [3.63, 3.8) is 0 Å². The molecule has 1 aromatic heterocycles. The molecular formula is C10H9FN2O2. The molecule has 0 aliphatic carbocycles. The first kappa shape index (κ1) is 9.51. The quantitative estimate of drug-likeness (QED) is 0.820. The summed E-state index contributed by atoms with van der Waals surface area (Å²) >= 11 is 0. The second-order valence-electron chi connectivity index (χ2n) is 2.97. The largest absolute Gasteiger partial charge is 0.494 e. The van der Waals surface area contributed by atoms with Crippen LogP contribution < -0.4 is 10.5 Å². The molecule has 0 saturated heterocycles. The fourth-order valence-electron chi connectivity index (χ4n) is 1.24. The van der Waals surface area contributed by atoms with E-state index in [0.29, 0.717) is 11.3 Å². The van der Waals surface area contributed by atoms with Crippen LogP contribution in [0, 0.1) is 5.82 Å². The van der Waals surface area contributed by atoms with Crippen LogP contribution in [-0.2, 0) is 0 Å². The van der Waals surface area contributed by atoms with Gasteiger partial charge in [0.1, 0.15) is 0 Å². The fourth-order valence-corrected chi connectivity index (χ4v) is 1.24. The SMILES string of the molecule is COc1cc(-c2cc(N)no2)ccc1F. The van der Waals surface area contributed by atoms with E-state index in [4.69, 9.17) is 15.0 Å². The summed E-state index contributed by atoms with van der Waals surface area (Å²) in [6, 6.07) is 5.95. The molecule has 0 fully saturated rings. The minimum atomic E-state index is -0.422. The number of rotatable bonds is 2. The Morgan fingerprint density at radius 2 is 2.20 bits per heavy atom. The molecule has 0 saturated carbocycles. The first-order valence-electron chi connectivity index (χ1n) is 4.27. The van der Waals surface area contributed by atoms with Crippen LogP contribution in [0.15, 0.2) is 28.8 Å². The number of benzene rings is 1. The van der Waals surface area contributed by atoms with E-state index in [9.17, 15) is 4.39 Å². The average molecular weight is 208 g/mol. The predicted octanol–water partition coefficient (Wildman–Crippen LogP) is 2.07. The van der Waals surface area contributed by atoms with Crippen LogP contribution in [-0.4, -0.2) is 12.3 Å². The molecule has 2 rings (SSSR count). The Morgan fingerprint density at radius 3 is 2.80 bits per heavy atom. The summed E-state index contributed by atoms with van der Waals surface area (Å²) < 4.78 is 22.9. The number of nitrogens with two attached hydrogens (primary N) is 1. The summed E-state index contributed by atoms with van der Waals surface area (Å²) in [5.74, 6) is 0.496. The summed E-state index contributed by atoms with van der Waals surface area (Å²) in [5, 5.41) is 3.54. The Kier molecular flexibility index (Phi) is 2.29. The van der Waals surface area contributed by atoms with Crippen LogP contribution in [0.1, 0.15) is 0 Å². The van der Waals surface area contributed by atoms with Crippen LogP contribution in [0.3, 0.4) is 0 Å². The lowest BCUT2D eigenvalue weighted by molar-refractivity contribution is 0.386. The van der Waals surface area contributed by atoms with E-state index in [-0.39, 0.29) is 11.6 Å². The lowest BCUT2D eigenvalue weighted by Gasteiger charge is -2.02. The highest BCUT2D eigenvalue weighted by Gasteiger charge is 2.08.